The highest BCUT2D eigenvalue weighted by Crippen LogP contribution is 2.34. The summed E-state index contributed by atoms with van der Waals surface area (Å²) in [6.45, 7) is 3.17. The van der Waals surface area contributed by atoms with Crippen LogP contribution in [0.2, 0.25) is 0 Å². The zero-order valence-electron chi connectivity index (χ0n) is 9.76. The molecular formula is C11H20N4O. The molecule has 5 heteroatoms. The average molecular weight is 224 g/mol. The molecule has 1 aliphatic rings. The van der Waals surface area contributed by atoms with Gasteiger partial charge in [-0.15, -0.1) is 0 Å². The molecule has 1 aromatic rings. The first-order valence-corrected chi connectivity index (χ1v) is 6.00. The van der Waals surface area contributed by atoms with E-state index in [1.807, 2.05) is 4.68 Å². The SMILES string of the molecule is CCNC1(CO)CCCC(n2cncn2)C1. The Morgan fingerprint density at radius 1 is 1.62 bits per heavy atom. The zero-order chi connectivity index (χ0) is 11.4. The van der Waals surface area contributed by atoms with Crippen molar-refractivity contribution in [3.05, 3.63) is 12.7 Å². The third kappa shape index (κ3) is 2.25. The molecule has 2 rings (SSSR count). The maximum absolute atomic E-state index is 9.58. The number of hydrogen-bond donors (Lipinski definition) is 2. The second-order valence-electron chi connectivity index (χ2n) is 4.59. The summed E-state index contributed by atoms with van der Waals surface area (Å²) in [6, 6.07) is 0.363. The maximum atomic E-state index is 9.58. The van der Waals surface area contributed by atoms with Gasteiger partial charge in [0, 0.05) is 5.54 Å². The molecule has 0 bridgehead atoms. The van der Waals surface area contributed by atoms with Crippen molar-refractivity contribution in [2.75, 3.05) is 13.2 Å². The molecule has 1 aliphatic carbocycles. The molecule has 1 heterocycles. The van der Waals surface area contributed by atoms with Crippen molar-refractivity contribution in [2.24, 2.45) is 0 Å². The molecule has 2 N–H and O–H groups in total. The lowest BCUT2D eigenvalue weighted by Crippen LogP contribution is -2.51. The zero-order valence-corrected chi connectivity index (χ0v) is 9.76. The Bertz CT molecular complexity index is 310. The fourth-order valence-electron chi connectivity index (χ4n) is 2.70. The van der Waals surface area contributed by atoms with Gasteiger partial charge in [0.05, 0.1) is 12.6 Å². The molecular weight excluding hydrogens is 204 g/mol. The van der Waals surface area contributed by atoms with Gasteiger partial charge in [-0.05, 0) is 32.2 Å². The fourth-order valence-corrected chi connectivity index (χ4v) is 2.70. The fraction of sp³-hybridized carbons (Fsp3) is 0.818. The summed E-state index contributed by atoms with van der Waals surface area (Å²) in [5, 5.41) is 17.2. The van der Waals surface area contributed by atoms with Gasteiger partial charge in [-0.3, -0.25) is 0 Å². The van der Waals surface area contributed by atoms with E-state index in [4.69, 9.17) is 0 Å². The molecule has 2 unspecified atom stereocenters. The number of hydrogen-bond acceptors (Lipinski definition) is 4. The molecule has 0 aromatic carbocycles. The van der Waals surface area contributed by atoms with Gasteiger partial charge >= 0.3 is 0 Å². The summed E-state index contributed by atoms with van der Waals surface area (Å²) in [5.41, 5.74) is -0.121. The summed E-state index contributed by atoms with van der Waals surface area (Å²) in [7, 11) is 0. The minimum atomic E-state index is -0.121. The monoisotopic (exact) mass is 224 g/mol. The van der Waals surface area contributed by atoms with E-state index in [1.165, 1.54) is 0 Å². The summed E-state index contributed by atoms with van der Waals surface area (Å²) >= 11 is 0. The Kier molecular flexibility index (Phi) is 3.56. The van der Waals surface area contributed by atoms with Gasteiger partial charge in [-0.25, -0.2) is 9.67 Å². The topological polar surface area (TPSA) is 63.0 Å². The van der Waals surface area contributed by atoms with E-state index in [-0.39, 0.29) is 12.1 Å². The molecule has 2 atom stereocenters. The van der Waals surface area contributed by atoms with Crippen molar-refractivity contribution in [1.29, 1.82) is 0 Å². The largest absolute Gasteiger partial charge is 0.394 e. The first-order chi connectivity index (χ1) is 7.79. The molecule has 0 spiro atoms. The normalized spacial score (nSPS) is 30.5. The van der Waals surface area contributed by atoms with Crippen LogP contribution in [0.1, 0.15) is 38.6 Å². The van der Waals surface area contributed by atoms with E-state index in [0.717, 1.165) is 32.2 Å². The number of aliphatic hydroxyl groups excluding tert-OH is 1. The molecule has 0 saturated heterocycles. The van der Waals surface area contributed by atoms with Crippen LogP contribution in [-0.4, -0.2) is 38.6 Å². The Balaban J connectivity index is 2.08. The molecule has 0 radical (unpaired) electrons. The Morgan fingerprint density at radius 3 is 3.12 bits per heavy atom. The number of aromatic nitrogens is 3. The lowest BCUT2D eigenvalue weighted by Gasteiger charge is -2.40. The van der Waals surface area contributed by atoms with Crippen LogP contribution < -0.4 is 5.32 Å². The lowest BCUT2D eigenvalue weighted by atomic mass is 9.79. The Hall–Kier alpha value is -0.940. The van der Waals surface area contributed by atoms with E-state index in [0.29, 0.717) is 6.04 Å². The van der Waals surface area contributed by atoms with E-state index in [2.05, 4.69) is 22.3 Å². The average Bonchev–Trinajstić information content (AvgIpc) is 2.83. The number of aliphatic hydroxyl groups is 1. The van der Waals surface area contributed by atoms with Gasteiger partial charge in [0.1, 0.15) is 12.7 Å². The third-order valence-electron chi connectivity index (χ3n) is 3.48. The van der Waals surface area contributed by atoms with Gasteiger partial charge in [-0.2, -0.15) is 5.10 Å². The molecule has 1 saturated carbocycles. The summed E-state index contributed by atoms with van der Waals surface area (Å²) < 4.78 is 1.92. The number of likely N-dealkylation sites (N-methyl/N-ethyl adjacent to an activating group) is 1. The Morgan fingerprint density at radius 2 is 2.50 bits per heavy atom. The highest BCUT2D eigenvalue weighted by molar-refractivity contribution is 4.94. The third-order valence-corrected chi connectivity index (χ3v) is 3.48. The van der Waals surface area contributed by atoms with Crippen molar-refractivity contribution >= 4 is 0 Å². The van der Waals surface area contributed by atoms with Crippen LogP contribution in [0.4, 0.5) is 0 Å². The van der Waals surface area contributed by atoms with E-state index < -0.39 is 0 Å². The number of nitrogens with zero attached hydrogens (tertiary/aromatic N) is 3. The minimum absolute atomic E-state index is 0.121. The van der Waals surface area contributed by atoms with E-state index in [1.54, 1.807) is 12.7 Å². The highest BCUT2D eigenvalue weighted by atomic mass is 16.3. The van der Waals surface area contributed by atoms with E-state index in [9.17, 15) is 5.11 Å². The van der Waals surface area contributed by atoms with Crippen molar-refractivity contribution in [3.63, 3.8) is 0 Å². The Labute approximate surface area is 95.9 Å². The van der Waals surface area contributed by atoms with Crippen LogP contribution in [0.25, 0.3) is 0 Å². The molecule has 90 valence electrons. The number of rotatable bonds is 4. The number of nitrogens with one attached hydrogen (secondary N) is 1. The van der Waals surface area contributed by atoms with Crippen LogP contribution in [0.15, 0.2) is 12.7 Å². The predicted molar refractivity (Wildman–Crippen MR) is 61.0 cm³/mol. The van der Waals surface area contributed by atoms with Crippen LogP contribution in [0.5, 0.6) is 0 Å². The maximum Gasteiger partial charge on any atom is 0.137 e. The molecule has 0 aliphatic heterocycles. The summed E-state index contributed by atoms with van der Waals surface area (Å²) in [6.07, 6.45) is 7.56. The van der Waals surface area contributed by atoms with Crippen LogP contribution in [0.3, 0.4) is 0 Å². The second-order valence-corrected chi connectivity index (χ2v) is 4.59. The second kappa shape index (κ2) is 4.93. The first kappa shape index (κ1) is 11.5. The van der Waals surface area contributed by atoms with Gasteiger partial charge in [0.2, 0.25) is 0 Å². The van der Waals surface area contributed by atoms with Gasteiger partial charge in [-0.1, -0.05) is 6.92 Å². The molecule has 1 aromatic heterocycles. The molecule has 0 amide bonds. The minimum Gasteiger partial charge on any atom is -0.394 e. The van der Waals surface area contributed by atoms with Crippen LogP contribution >= 0.6 is 0 Å². The van der Waals surface area contributed by atoms with Gasteiger partial charge in [0.25, 0.3) is 0 Å². The van der Waals surface area contributed by atoms with Crippen molar-refractivity contribution < 1.29 is 5.11 Å². The highest BCUT2D eigenvalue weighted by Gasteiger charge is 2.35. The predicted octanol–water partition coefficient (Wildman–Crippen LogP) is 0.734. The van der Waals surface area contributed by atoms with Crippen molar-refractivity contribution in [1.82, 2.24) is 20.1 Å². The lowest BCUT2D eigenvalue weighted by molar-refractivity contribution is 0.0960. The molecule has 5 nitrogen and oxygen atoms in total. The smallest absolute Gasteiger partial charge is 0.137 e. The van der Waals surface area contributed by atoms with Crippen molar-refractivity contribution in [3.8, 4) is 0 Å². The van der Waals surface area contributed by atoms with Crippen molar-refractivity contribution in [2.45, 2.75) is 44.2 Å². The summed E-state index contributed by atoms with van der Waals surface area (Å²) in [4.78, 5) is 3.99. The van der Waals surface area contributed by atoms with E-state index >= 15 is 0 Å². The van der Waals surface area contributed by atoms with Crippen LogP contribution in [-0.2, 0) is 0 Å². The van der Waals surface area contributed by atoms with Crippen LogP contribution in [0, 0.1) is 0 Å². The molecule has 16 heavy (non-hydrogen) atoms. The summed E-state index contributed by atoms with van der Waals surface area (Å²) in [5.74, 6) is 0. The van der Waals surface area contributed by atoms with Gasteiger partial charge < -0.3 is 10.4 Å². The van der Waals surface area contributed by atoms with Gasteiger partial charge in [0.15, 0.2) is 0 Å². The first-order valence-electron chi connectivity index (χ1n) is 6.00. The molecule has 1 fully saturated rings. The quantitative estimate of drug-likeness (QED) is 0.791. The standard InChI is InChI=1S/C11H20N4O/c1-2-13-11(7-16)5-3-4-10(6-11)15-9-12-8-14-15/h8-10,13,16H,2-7H2,1H3.